The summed E-state index contributed by atoms with van der Waals surface area (Å²) in [4.78, 5) is 20.4. The van der Waals surface area contributed by atoms with Gasteiger partial charge >= 0.3 is 0 Å². The Morgan fingerprint density at radius 2 is 1.76 bits per heavy atom. The summed E-state index contributed by atoms with van der Waals surface area (Å²) in [5, 5.41) is 3.14. The second-order valence-corrected chi connectivity index (χ2v) is 9.94. The van der Waals surface area contributed by atoms with Gasteiger partial charge in [0.2, 0.25) is 11.9 Å². The lowest BCUT2D eigenvalue weighted by Gasteiger charge is -2.32. The number of hydrogen-bond acceptors (Lipinski definition) is 4. The molecule has 0 unspecified atom stereocenters. The van der Waals surface area contributed by atoms with Gasteiger partial charge in [-0.3, -0.25) is 4.79 Å². The van der Waals surface area contributed by atoms with Crippen molar-refractivity contribution >= 4 is 22.9 Å². The number of rotatable bonds is 8. The van der Waals surface area contributed by atoms with E-state index < -0.39 is 0 Å². The number of fused-ring (bicyclic) bond motifs is 1. The summed E-state index contributed by atoms with van der Waals surface area (Å²) in [7, 11) is 0. The van der Waals surface area contributed by atoms with Gasteiger partial charge in [0.25, 0.3) is 0 Å². The van der Waals surface area contributed by atoms with Crippen LogP contribution in [0.25, 0.3) is 11.0 Å². The van der Waals surface area contributed by atoms with Crippen LogP contribution in [-0.2, 0) is 17.9 Å². The first-order valence-corrected chi connectivity index (χ1v) is 13.3. The molecule has 1 fully saturated rings. The molecule has 0 aliphatic carbocycles. The number of para-hydroxylation sites is 3. The molecule has 1 saturated heterocycles. The van der Waals surface area contributed by atoms with Gasteiger partial charge in [0.05, 0.1) is 24.2 Å². The maximum Gasteiger partial charge on any atom is 0.223 e. The number of hydrogen-bond donors (Lipinski definition) is 1. The fraction of sp³-hybridized carbons (Fsp3) is 0.355. The van der Waals surface area contributed by atoms with Gasteiger partial charge in [0, 0.05) is 31.1 Å². The highest BCUT2D eigenvalue weighted by Gasteiger charge is 2.28. The van der Waals surface area contributed by atoms with Crippen LogP contribution in [-0.4, -0.2) is 35.2 Å². The molecule has 0 bridgehead atoms. The Balaban J connectivity index is 1.28. The summed E-state index contributed by atoms with van der Waals surface area (Å²) in [5.74, 6) is 1.96. The first kappa shape index (κ1) is 24.9. The predicted octanol–water partition coefficient (Wildman–Crippen LogP) is 5.63. The van der Waals surface area contributed by atoms with E-state index in [1.165, 1.54) is 16.7 Å². The SMILES string of the molecule is CCOc1ccccc1CNC(=O)C1CCN(c2nc3ccccc3n2Cc2cc(C)ccc2C)CC1. The largest absolute Gasteiger partial charge is 0.494 e. The molecule has 6 heteroatoms. The van der Waals surface area contributed by atoms with Crippen LogP contribution < -0.4 is 15.0 Å². The number of imidazole rings is 1. The van der Waals surface area contributed by atoms with E-state index in [0.717, 1.165) is 60.8 Å². The number of nitrogens with zero attached hydrogens (tertiary/aromatic N) is 3. The van der Waals surface area contributed by atoms with Crippen LogP contribution >= 0.6 is 0 Å². The molecule has 1 aromatic heterocycles. The first-order valence-electron chi connectivity index (χ1n) is 13.3. The van der Waals surface area contributed by atoms with Gasteiger partial charge < -0.3 is 19.5 Å². The molecule has 1 aliphatic rings. The van der Waals surface area contributed by atoms with Crippen molar-refractivity contribution in [2.24, 2.45) is 5.92 Å². The minimum Gasteiger partial charge on any atom is -0.494 e. The van der Waals surface area contributed by atoms with Crippen LogP contribution in [0.3, 0.4) is 0 Å². The summed E-state index contributed by atoms with van der Waals surface area (Å²) >= 11 is 0. The van der Waals surface area contributed by atoms with Crippen LogP contribution in [0.5, 0.6) is 5.75 Å². The summed E-state index contributed by atoms with van der Waals surface area (Å²) in [6.45, 7) is 9.78. The number of carbonyl (C=O) groups is 1. The van der Waals surface area contributed by atoms with E-state index >= 15 is 0 Å². The first-order chi connectivity index (χ1) is 18.0. The molecule has 0 spiro atoms. The van der Waals surface area contributed by atoms with E-state index in [-0.39, 0.29) is 11.8 Å². The second kappa shape index (κ2) is 11.1. The number of piperidine rings is 1. The third-order valence-electron chi connectivity index (χ3n) is 7.34. The maximum atomic E-state index is 13.0. The highest BCUT2D eigenvalue weighted by Crippen LogP contribution is 2.29. The molecule has 0 saturated carbocycles. The molecule has 3 aromatic carbocycles. The van der Waals surface area contributed by atoms with Crippen LogP contribution in [0.15, 0.2) is 66.7 Å². The van der Waals surface area contributed by atoms with Crippen LogP contribution in [0.1, 0.15) is 42.0 Å². The smallest absolute Gasteiger partial charge is 0.223 e. The van der Waals surface area contributed by atoms with Crippen molar-refractivity contribution in [2.45, 2.75) is 46.7 Å². The van der Waals surface area contributed by atoms with E-state index in [2.05, 4.69) is 65.0 Å². The number of benzene rings is 3. The van der Waals surface area contributed by atoms with Crippen molar-refractivity contribution in [3.8, 4) is 5.75 Å². The fourth-order valence-electron chi connectivity index (χ4n) is 5.22. The lowest BCUT2D eigenvalue weighted by Crippen LogP contribution is -2.41. The van der Waals surface area contributed by atoms with Gasteiger partial charge in [-0.1, -0.05) is 54.1 Å². The van der Waals surface area contributed by atoms with Crippen molar-refractivity contribution in [1.29, 1.82) is 0 Å². The van der Waals surface area contributed by atoms with Crippen LogP contribution in [0.4, 0.5) is 5.95 Å². The molecule has 2 heterocycles. The van der Waals surface area contributed by atoms with Gasteiger partial charge in [-0.05, 0) is 62.9 Å². The second-order valence-electron chi connectivity index (χ2n) is 9.94. The van der Waals surface area contributed by atoms with E-state index in [9.17, 15) is 4.79 Å². The summed E-state index contributed by atoms with van der Waals surface area (Å²) in [5.41, 5.74) is 7.03. The molecule has 1 aliphatic heterocycles. The maximum absolute atomic E-state index is 13.0. The number of carbonyl (C=O) groups excluding carboxylic acids is 1. The zero-order valence-corrected chi connectivity index (χ0v) is 22.0. The van der Waals surface area contributed by atoms with Crippen molar-refractivity contribution in [2.75, 3.05) is 24.6 Å². The van der Waals surface area contributed by atoms with E-state index in [0.29, 0.717) is 13.2 Å². The number of aromatic nitrogens is 2. The summed E-state index contributed by atoms with van der Waals surface area (Å²) in [6, 6.07) is 22.9. The molecule has 0 atom stereocenters. The quantitative estimate of drug-likeness (QED) is 0.343. The third-order valence-corrected chi connectivity index (χ3v) is 7.34. The molecular formula is C31H36N4O2. The highest BCUT2D eigenvalue weighted by molar-refractivity contribution is 5.80. The minimum absolute atomic E-state index is 0.00681. The molecule has 1 N–H and O–H groups in total. The van der Waals surface area contributed by atoms with E-state index in [1.54, 1.807) is 0 Å². The Morgan fingerprint density at radius 1 is 1.00 bits per heavy atom. The monoisotopic (exact) mass is 496 g/mol. The average Bonchev–Trinajstić information content (AvgIpc) is 3.28. The molecule has 37 heavy (non-hydrogen) atoms. The van der Waals surface area contributed by atoms with E-state index in [1.807, 2.05) is 37.3 Å². The van der Waals surface area contributed by atoms with Crippen molar-refractivity contribution in [1.82, 2.24) is 14.9 Å². The van der Waals surface area contributed by atoms with Crippen molar-refractivity contribution in [3.63, 3.8) is 0 Å². The Bertz CT molecular complexity index is 1390. The van der Waals surface area contributed by atoms with Gasteiger partial charge in [-0.25, -0.2) is 4.98 Å². The summed E-state index contributed by atoms with van der Waals surface area (Å²) < 4.78 is 8.04. The van der Waals surface area contributed by atoms with Gasteiger partial charge in [-0.2, -0.15) is 0 Å². The molecule has 6 nitrogen and oxygen atoms in total. The number of amides is 1. The van der Waals surface area contributed by atoms with Gasteiger partial charge in [0.15, 0.2) is 0 Å². The number of nitrogens with one attached hydrogen (secondary N) is 1. The Kier molecular flexibility index (Phi) is 7.45. The van der Waals surface area contributed by atoms with Crippen molar-refractivity contribution < 1.29 is 9.53 Å². The third kappa shape index (κ3) is 5.48. The average molecular weight is 497 g/mol. The predicted molar refractivity (Wildman–Crippen MR) is 149 cm³/mol. The molecule has 4 aromatic rings. The fourth-order valence-corrected chi connectivity index (χ4v) is 5.22. The summed E-state index contributed by atoms with van der Waals surface area (Å²) in [6.07, 6.45) is 1.62. The molecule has 0 radical (unpaired) electrons. The molecule has 1 amide bonds. The topological polar surface area (TPSA) is 59.4 Å². The zero-order chi connectivity index (χ0) is 25.8. The van der Waals surface area contributed by atoms with Gasteiger partial charge in [0.1, 0.15) is 5.75 Å². The van der Waals surface area contributed by atoms with E-state index in [4.69, 9.17) is 9.72 Å². The zero-order valence-electron chi connectivity index (χ0n) is 22.0. The molecule has 5 rings (SSSR count). The Labute approximate surface area is 219 Å². The normalized spacial score (nSPS) is 14.2. The van der Waals surface area contributed by atoms with Gasteiger partial charge in [-0.15, -0.1) is 0 Å². The lowest BCUT2D eigenvalue weighted by atomic mass is 9.96. The van der Waals surface area contributed by atoms with Crippen LogP contribution in [0.2, 0.25) is 0 Å². The Morgan fingerprint density at radius 3 is 2.57 bits per heavy atom. The Hall–Kier alpha value is -3.80. The standard InChI is InChI=1S/C31H36N4O2/c1-4-37-29-12-8-5-9-25(29)20-32-30(36)24-15-17-34(18-16-24)31-33-27-10-6-7-11-28(27)35(31)21-26-19-22(2)13-14-23(26)3/h5-14,19,24H,4,15-18,20-21H2,1-3H3,(H,32,36). The number of anilines is 1. The number of ether oxygens (including phenoxy) is 1. The lowest BCUT2D eigenvalue weighted by molar-refractivity contribution is -0.125. The van der Waals surface area contributed by atoms with Crippen molar-refractivity contribution in [3.05, 3.63) is 89.0 Å². The minimum atomic E-state index is 0.00681. The highest BCUT2D eigenvalue weighted by atomic mass is 16.5. The molecule has 192 valence electrons. The van der Waals surface area contributed by atoms with Crippen LogP contribution in [0, 0.1) is 19.8 Å². The molecular weight excluding hydrogens is 460 g/mol. The number of aryl methyl sites for hydroxylation is 2.